The Bertz CT molecular complexity index is 1010. The van der Waals surface area contributed by atoms with Crippen LogP contribution in [0.15, 0.2) is 60.8 Å². The lowest BCUT2D eigenvalue weighted by atomic mass is 10.1. The number of nitrogens with zero attached hydrogens (tertiary/aromatic N) is 1. The van der Waals surface area contributed by atoms with Gasteiger partial charge in [-0.3, -0.25) is 9.59 Å². The highest BCUT2D eigenvalue weighted by atomic mass is 16.6. The Kier molecular flexibility index (Phi) is 31.2. The Hall–Kier alpha value is -2.97. The second kappa shape index (κ2) is 33.2. The van der Waals surface area contributed by atoms with Crippen molar-refractivity contribution in [1.29, 1.82) is 0 Å². The molecule has 0 aliphatic rings. The van der Waals surface area contributed by atoms with Gasteiger partial charge in [0.15, 0.2) is 12.1 Å². The maximum Gasteiger partial charge on any atom is 0.362 e. The van der Waals surface area contributed by atoms with Crippen molar-refractivity contribution in [3.63, 3.8) is 0 Å². The fourth-order valence-corrected chi connectivity index (χ4v) is 5.08. The highest BCUT2D eigenvalue weighted by Crippen LogP contribution is 2.11. The molecule has 0 fully saturated rings. The van der Waals surface area contributed by atoms with Crippen molar-refractivity contribution < 1.29 is 38.2 Å². The largest absolute Gasteiger partial charge is 0.477 e. The van der Waals surface area contributed by atoms with Gasteiger partial charge in [0.25, 0.3) is 0 Å². The first-order valence-electron chi connectivity index (χ1n) is 19.3. The predicted molar refractivity (Wildman–Crippen MR) is 206 cm³/mol. The van der Waals surface area contributed by atoms with E-state index in [1.807, 2.05) is 21.1 Å². The summed E-state index contributed by atoms with van der Waals surface area (Å²) >= 11 is 0. The Morgan fingerprint density at radius 1 is 0.600 bits per heavy atom. The maximum atomic E-state index is 12.6. The van der Waals surface area contributed by atoms with Crippen molar-refractivity contribution in [2.24, 2.45) is 0 Å². The van der Waals surface area contributed by atoms with Gasteiger partial charge < -0.3 is 23.8 Å². The molecule has 0 heterocycles. The summed E-state index contributed by atoms with van der Waals surface area (Å²) < 4.78 is 17.1. The first-order valence-corrected chi connectivity index (χ1v) is 19.3. The van der Waals surface area contributed by atoms with Crippen LogP contribution in [0.25, 0.3) is 0 Å². The number of hydrogen-bond acceptors (Lipinski definition) is 6. The molecule has 50 heavy (non-hydrogen) atoms. The van der Waals surface area contributed by atoms with E-state index >= 15 is 0 Å². The number of allylic oxidation sites excluding steroid dienone is 10. The minimum absolute atomic E-state index is 0.0282. The number of carbonyl (C=O) groups is 3. The molecule has 0 spiro atoms. The molecule has 8 nitrogen and oxygen atoms in total. The fourth-order valence-electron chi connectivity index (χ4n) is 5.08. The summed E-state index contributed by atoms with van der Waals surface area (Å²) in [5.41, 5.74) is 0. The van der Waals surface area contributed by atoms with Crippen molar-refractivity contribution in [2.75, 3.05) is 41.0 Å². The standard InChI is InChI=1S/C42H71NO7/c1-6-8-10-12-14-16-17-18-19-20-21-22-23-25-27-29-31-33-41(45)50-38(36-48-35-34-39(42(46)47)43(3,4)5)37-49-40(44)32-30-28-26-24-15-13-11-9-7-2/h14,16,18-19,21-22,24-27,38-39H,6-13,15,17,20,23,28-37H2,1-5H3/p+1/b16-14+,19-18+,22-21+,26-24+,27-25+. The lowest BCUT2D eigenvalue weighted by molar-refractivity contribution is -0.887. The van der Waals surface area contributed by atoms with Crippen LogP contribution in [0.1, 0.15) is 136 Å². The van der Waals surface area contributed by atoms with E-state index in [0.717, 1.165) is 38.5 Å². The van der Waals surface area contributed by atoms with E-state index in [1.165, 1.54) is 51.4 Å². The number of rotatable bonds is 33. The van der Waals surface area contributed by atoms with E-state index in [-0.39, 0.29) is 42.7 Å². The highest BCUT2D eigenvalue weighted by molar-refractivity contribution is 5.72. The summed E-state index contributed by atoms with van der Waals surface area (Å²) in [6, 6.07) is -0.628. The zero-order chi connectivity index (χ0) is 37.1. The number of unbranched alkanes of at least 4 members (excludes halogenated alkanes) is 9. The quantitative estimate of drug-likeness (QED) is 0.0315. The molecule has 8 heteroatoms. The third-order valence-electron chi connectivity index (χ3n) is 8.14. The number of likely N-dealkylation sites (N-methyl/N-ethyl adjacent to an activating group) is 1. The molecular weight excluding hydrogens is 630 g/mol. The molecule has 1 N–H and O–H groups in total. The second-order valence-corrected chi connectivity index (χ2v) is 13.8. The van der Waals surface area contributed by atoms with Gasteiger partial charge in [0.05, 0.1) is 34.4 Å². The summed E-state index contributed by atoms with van der Waals surface area (Å²) in [5.74, 6) is -1.60. The monoisotopic (exact) mass is 703 g/mol. The molecule has 0 aliphatic carbocycles. The zero-order valence-corrected chi connectivity index (χ0v) is 32.3. The molecule has 0 saturated carbocycles. The van der Waals surface area contributed by atoms with Crippen LogP contribution < -0.4 is 0 Å². The number of hydrogen-bond donors (Lipinski definition) is 1. The molecule has 0 radical (unpaired) electrons. The lowest BCUT2D eigenvalue weighted by Crippen LogP contribution is -2.50. The summed E-state index contributed by atoms with van der Waals surface area (Å²) in [6.07, 6.45) is 38.5. The molecule has 0 aromatic rings. The van der Waals surface area contributed by atoms with Gasteiger partial charge in [-0.2, -0.15) is 0 Å². The van der Waals surface area contributed by atoms with Crippen LogP contribution in [0, 0.1) is 0 Å². The van der Waals surface area contributed by atoms with E-state index in [1.54, 1.807) is 0 Å². The molecule has 0 aromatic carbocycles. The molecule has 0 aromatic heterocycles. The highest BCUT2D eigenvalue weighted by Gasteiger charge is 2.31. The second-order valence-electron chi connectivity index (χ2n) is 13.8. The molecule has 0 bridgehead atoms. The first kappa shape index (κ1) is 47.0. The van der Waals surface area contributed by atoms with Gasteiger partial charge in [-0.05, 0) is 70.6 Å². The molecule has 286 valence electrons. The van der Waals surface area contributed by atoms with E-state index in [0.29, 0.717) is 25.7 Å². The number of quaternary nitrogens is 1. The number of aliphatic carboxylic acids is 1. The number of carboxylic acid groups (broad SMARTS) is 1. The van der Waals surface area contributed by atoms with Gasteiger partial charge in [0.2, 0.25) is 0 Å². The van der Waals surface area contributed by atoms with Crippen molar-refractivity contribution in [2.45, 2.75) is 148 Å². The van der Waals surface area contributed by atoms with Crippen molar-refractivity contribution in [3.05, 3.63) is 60.8 Å². The van der Waals surface area contributed by atoms with Gasteiger partial charge in [0.1, 0.15) is 6.61 Å². The van der Waals surface area contributed by atoms with E-state index < -0.39 is 18.1 Å². The van der Waals surface area contributed by atoms with E-state index in [2.05, 4.69) is 74.6 Å². The minimum Gasteiger partial charge on any atom is -0.477 e. The normalized spacial score (nSPS) is 13.7. The van der Waals surface area contributed by atoms with Crippen molar-refractivity contribution >= 4 is 17.9 Å². The van der Waals surface area contributed by atoms with Crippen LogP contribution in [-0.2, 0) is 28.6 Å². The number of ether oxygens (including phenoxy) is 3. The topological polar surface area (TPSA) is 99.1 Å². The average molecular weight is 703 g/mol. The minimum atomic E-state index is -0.890. The Labute approximate surface area is 305 Å². The third-order valence-corrected chi connectivity index (χ3v) is 8.14. The van der Waals surface area contributed by atoms with Crippen LogP contribution in [0.5, 0.6) is 0 Å². The average Bonchev–Trinajstić information content (AvgIpc) is 3.06. The van der Waals surface area contributed by atoms with Crippen LogP contribution >= 0.6 is 0 Å². The van der Waals surface area contributed by atoms with E-state index in [9.17, 15) is 19.5 Å². The summed E-state index contributed by atoms with van der Waals surface area (Å²) in [4.78, 5) is 36.7. The van der Waals surface area contributed by atoms with Crippen LogP contribution in [-0.4, -0.2) is 80.6 Å². The van der Waals surface area contributed by atoms with Crippen LogP contribution in [0.4, 0.5) is 0 Å². The van der Waals surface area contributed by atoms with Gasteiger partial charge in [-0.15, -0.1) is 0 Å². The Morgan fingerprint density at radius 3 is 1.58 bits per heavy atom. The smallest absolute Gasteiger partial charge is 0.362 e. The van der Waals surface area contributed by atoms with Gasteiger partial charge in [-0.1, -0.05) is 107 Å². The molecule has 0 saturated heterocycles. The first-order chi connectivity index (χ1) is 24.1. The molecule has 0 rings (SSSR count). The summed E-state index contributed by atoms with van der Waals surface area (Å²) in [5, 5.41) is 9.57. The molecular formula is C42H72NO7+. The third kappa shape index (κ3) is 31.0. The van der Waals surface area contributed by atoms with Crippen molar-refractivity contribution in [1.82, 2.24) is 0 Å². The SMILES string of the molecule is CCCCC/C=C/C/C=C/C/C=C/C/C=C/CCCC(=O)OC(COCCC(C(=O)O)[N+](C)(C)C)COC(=O)CCC/C=C/CCCCCC. The number of carboxylic acids is 1. The van der Waals surface area contributed by atoms with E-state index in [4.69, 9.17) is 14.2 Å². The molecule has 2 atom stereocenters. The zero-order valence-electron chi connectivity index (χ0n) is 32.3. The Balaban J connectivity index is 4.55. The molecule has 2 unspecified atom stereocenters. The lowest BCUT2D eigenvalue weighted by Gasteiger charge is -2.31. The number of carbonyl (C=O) groups excluding carboxylic acids is 2. The summed E-state index contributed by atoms with van der Waals surface area (Å²) in [7, 11) is 5.48. The fraction of sp³-hybridized carbons (Fsp3) is 0.690. The van der Waals surface area contributed by atoms with Gasteiger partial charge in [-0.25, -0.2) is 4.79 Å². The predicted octanol–water partition coefficient (Wildman–Crippen LogP) is 9.85. The maximum absolute atomic E-state index is 12.6. The number of esters is 2. The van der Waals surface area contributed by atoms with Crippen LogP contribution in [0.3, 0.4) is 0 Å². The van der Waals surface area contributed by atoms with Crippen LogP contribution in [0.2, 0.25) is 0 Å². The molecule has 0 aliphatic heterocycles. The molecule has 0 amide bonds. The Morgan fingerprint density at radius 2 is 1.06 bits per heavy atom. The summed E-state index contributed by atoms with van der Waals surface area (Å²) in [6.45, 7) is 4.55. The van der Waals surface area contributed by atoms with Gasteiger partial charge >= 0.3 is 17.9 Å². The van der Waals surface area contributed by atoms with Gasteiger partial charge in [0, 0.05) is 19.3 Å². The van der Waals surface area contributed by atoms with Crippen molar-refractivity contribution in [3.8, 4) is 0 Å².